The van der Waals surface area contributed by atoms with Crippen molar-refractivity contribution in [2.24, 2.45) is 0 Å². The van der Waals surface area contributed by atoms with Crippen molar-refractivity contribution in [3.63, 3.8) is 0 Å². The van der Waals surface area contributed by atoms with E-state index in [1.165, 1.54) is 5.56 Å². The Morgan fingerprint density at radius 3 is 2.79 bits per heavy atom. The summed E-state index contributed by atoms with van der Waals surface area (Å²) in [6.07, 6.45) is -0.791. The summed E-state index contributed by atoms with van der Waals surface area (Å²) < 4.78 is 29.9. The second-order valence-electron chi connectivity index (χ2n) is 4.34. The lowest BCUT2D eigenvalue weighted by Crippen LogP contribution is -2.32. The molecule has 19 heavy (non-hydrogen) atoms. The third-order valence-electron chi connectivity index (χ3n) is 2.72. The monoisotopic (exact) mass is 335 g/mol. The van der Waals surface area contributed by atoms with Gasteiger partial charge >= 0.3 is 0 Å². The van der Waals surface area contributed by atoms with E-state index in [0.717, 1.165) is 23.9 Å². The van der Waals surface area contributed by atoms with Gasteiger partial charge in [-0.25, -0.2) is 8.78 Å². The maximum absolute atomic E-state index is 12.0. The molecule has 0 saturated heterocycles. The van der Waals surface area contributed by atoms with Crippen LogP contribution in [0.25, 0.3) is 0 Å². The number of likely N-dealkylation sites (N-methyl/N-ethyl adjacent to an activating group) is 1. The third-order valence-corrected chi connectivity index (χ3v) is 3.21. The normalized spacial score (nSPS) is 12.9. The lowest BCUT2D eigenvalue weighted by Gasteiger charge is -2.18. The van der Waals surface area contributed by atoms with Gasteiger partial charge in [0, 0.05) is 17.1 Å². The summed E-state index contributed by atoms with van der Waals surface area (Å²) in [6.45, 7) is 2.77. The van der Waals surface area contributed by atoms with Crippen molar-refractivity contribution in [1.82, 2.24) is 5.32 Å². The Hall–Kier alpha value is -0.520. The van der Waals surface area contributed by atoms with Crippen LogP contribution < -0.4 is 5.32 Å². The van der Waals surface area contributed by atoms with Gasteiger partial charge < -0.3 is 10.1 Å². The zero-order valence-corrected chi connectivity index (χ0v) is 12.6. The molecule has 2 nitrogen and oxygen atoms in total. The van der Waals surface area contributed by atoms with E-state index in [2.05, 4.69) is 33.4 Å². The SMILES string of the molecule is CCNC(CCOCC(F)F)Cc1cccc(Br)c1. The van der Waals surface area contributed by atoms with Crippen LogP contribution in [0.2, 0.25) is 0 Å². The average molecular weight is 336 g/mol. The molecule has 0 bridgehead atoms. The van der Waals surface area contributed by atoms with Gasteiger partial charge in [-0.05, 0) is 37.1 Å². The zero-order chi connectivity index (χ0) is 14.1. The Bertz CT molecular complexity index is 363. The zero-order valence-electron chi connectivity index (χ0n) is 11.0. The van der Waals surface area contributed by atoms with Gasteiger partial charge in [0.25, 0.3) is 6.43 Å². The van der Waals surface area contributed by atoms with E-state index in [1.54, 1.807) is 0 Å². The number of benzene rings is 1. The molecule has 1 rings (SSSR count). The second-order valence-corrected chi connectivity index (χ2v) is 5.26. The molecule has 1 aromatic rings. The highest BCUT2D eigenvalue weighted by atomic mass is 79.9. The number of rotatable bonds is 9. The van der Waals surface area contributed by atoms with Gasteiger partial charge in [0.2, 0.25) is 0 Å². The van der Waals surface area contributed by atoms with Gasteiger partial charge in [-0.3, -0.25) is 0 Å². The minimum Gasteiger partial charge on any atom is -0.375 e. The van der Waals surface area contributed by atoms with Gasteiger partial charge in [0.05, 0.1) is 0 Å². The molecule has 1 atom stereocenters. The minimum absolute atomic E-state index is 0.247. The molecule has 1 unspecified atom stereocenters. The summed E-state index contributed by atoms with van der Waals surface area (Å²) in [4.78, 5) is 0. The number of halogens is 3. The molecule has 0 aromatic heterocycles. The van der Waals surface area contributed by atoms with E-state index >= 15 is 0 Å². The fraction of sp³-hybridized carbons (Fsp3) is 0.571. The van der Waals surface area contributed by atoms with Gasteiger partial charge in [0.15, 0.2) is 0 Å². The highest BCUT2D eigenvalue weighted by molar-refractivity contribution is 9.10. The molecule has 0 aliphatic rings. The van der Waals surface area contributed by atoms with Crippen molar-refractivity contribution in [2.45, 2.75) is 32.2 Å². The van der Waals surface area contributed by atoms with Gasteiger partial charge in [0.1, 0.15) is 6.61 Å². The van der Waals surface area contributed by atoms with Crippen molar-refractivity contribution in [2.75, 3.05) is 19.8 Å². The molecule has 0 aliphatic heterocycles. The van der Waals surface area contributed by atoms with Crippen molar-refractivity contribution >= 4 is 15.9 Å². The minimum atomic E-state index is -2.39. The van der Waals surface area contributed by atoms with Crippen LogP contribution in [0, 0.1) is 0 Å². The highest BCUT2D eigenvalue weighted by Gasteiger charge is 2.09. The summed E-state index contributed by atoms with van der Waals surface area (Å²) in [7, 11) is 0. The first-order valence-corrected chi connectivity index (χ1v) is 7.24. The second kappa shape index (κ2) is 9.39. The van der Waals surface area contributed by atoms with E-state index in [0.29, 0.717) is 6.61 Å². The summed E-state index contributed by atoms with van der Waals surface area (Å²) in [5, 5.41) is 3.36. The first kappa shape index (κ1) is 16.5. The standard InChI is InChI=1S/C14H20BrF2NO/c1-2-18-13(6-7-19-10-14(16)17)9-11-4-3-5-12(15)8-11/h3-5,8,13-14,18H,2,6-7,9-10H2,1H3. The van der Waals surface area contributed by atoms with E-state index in [-0.39, 0.29) is 6.04 Å². The summed E-state index contributed by atoms with van der Waals surface area (Å²) >= 11 is 3.44. The Kier molecular flexibility index (Phi) is 8.18. The lowest BCUT2D eigenvalue weighted by molar-refractivity contribution is 0.0144. The number of hydrogen-bond acceptors (Lipinski definition) is 2. The Balaban J connectivity index is 2.39. The van der Waals surface area contributed by atoms with Gasteiger partial charge in [-0.15, -0.1) is 0 Å². The molecule has 0 heterocycles. The van der Waals surface area contributed by atoms with Crippen molar-refractivity contribution in [1.29, 1.82) is 0 Å². The molecule has 1 aromatic carbocycles. The van der Waals surface area contributed by atoms with E-state index in [9.17, 15) is 8.78 Å². The van der Waals surface area contributed by atoms with Crippen molar-refractivity contribution < 1.29 is 13.5 Å². The molecule has 5 heteroatoms. The summed E-state index contributed by atoms with van der Waals surface area (Å²) in [6, 6.07) is 8.36. The third kappa shape index (κ3) is 7.60. The molecule has 0 saturated carbocycles. The Morgan fingerprint density at radius 2 is 2.16 bits per heavy atom. The molecular weight excluding hydrogens is 316 g/mol. The molecular formula is C14H20BrF2NO. The molecule has 0 amide bonds. The van der Waals surface area contributed by atoms with Crippen molar-refractivity contribution in [3.8, 4) is 0 Å². The number of ether oxygens (including phenoxy) is 1. The molecule has 108 valence electrons. The predicted octanol–water partition coefficient (Wildman–Crippen LogP) is 3.64. The molecule has 0 radical (unpaired) electrons. The maximum Gasteiger partial charge on any atom is 0.261 e. The number of alkyl halides is 2. The largest absolute Gasteiger partial charge is 0.375 e. The van der Waals surface area contributed by atoms with Crippen LogP contribution in [0.15, 0.2) is 28.7 Å². The van der Waals surface area contributed by atoms with Crippen LogP contribution in [0.1, 0.15) is 18.9 Å². The first-order chi connectivity index (χ1) is 9.11. The topological polar surface area (TPSA) is 21.3 Å². The smallest absolute Gasteiger partial charge is 0.261 e. The first-order valence-electron chi connectivity index (χ1n) is 6.45. The quantitative estimate of drug-likeness (QED) is 0.695. The van der Waals surface area contributed by atoms with Crippen LogP contribution in [0.3, 0.4) is 0 Å². The van der Waals surface area contributed by atoms with Crippen LogP contribution >= 0.6 is 15.9 Å². The van der Waals surface area contributed by atoms with Crippen LogP contribution in [-0.4, -0.2) is 32.2 Å². The average Bonchev–Trinajstić information content (AvgIpc) is 2.34. The van der Waals surface area contributed by atoms with Crippen LogP contribution in [0.4, 0.5) is 8.78 Å². The molecule has 0 fully saturated rings. The number of nitrogens with one attached hydrogen (secondary N) is 1. The van der Waals surface area contributed by atoms with Crippen LogP contribution in [0.5, 0.6) is 0 Å². The predicted molar refractivity (Wildman–Crippen MR) is 76.8 cm³/mol. The highest BCUT2D eigenvalue weighted by Crippen LogP contribution is 2.14. The van der Waals surface area contributed by atoms with Crippen LogP contribution in [-0.2, 0) is 11.2 Å². The molecule has 0 spiro atoms. The van der Waals surface area contributed by atoms with E-state index in [4.69, 9.17) is 4.74 Å². The van der Waals surface area contributed by atoms with Gasteiger partial charge in [-0.2, -0.15) is 0 Å². The van der Waals surface area contributed by atoms with E-state index < -0.39 is 13.0 Å². The fourth-order valence-corrected chi connectivity index (χ4v) is 2.36. The summed E-state index contributed by atoms with van der Waals surface area (Å²) in [5.41, 5.74) is 1.22. The van der Waals surface area contributed by atoms with Gasteiger partial charge in [-0.1, -0.05) is 35.0 Å². The fourth-order valence-electron chi connectivity index (χ4n) is 1.91. The molecule has 0 aliphatic carbocycles. The van der Waals surface area contributed by atoms with Crippen molar-refractivity contribution in [3.05, 3.63) is 34.3 Å². The Labute approximate surface area is 121 Å². The lowest BCUT2D eigenvalue weighted by atomic mass is 10.0. The Morgan fingerprint density at radius 1 is 1.37 bits per heavy atom. The maximum atomic E-state index is 12.0. The number of hydrogen-bond donors (Lipinski definition) is 1. The summed E-state index contributed by atoms with van der Waals surface area (Å²) in [5.74, 6) is 0. The van der Waals surface area contributed by atoms with E-state index in [1.807, 2.05) is 19.1 Å². The molecule has 1 N–H and O–H groups in total.